The zero-order valence-electron chi connectivity index (χ0n) is 23.9. The highest BCUT2D eigenvalue weighted by atomic mass is 16.5. The van der Waals surface area contributed by atoms with Gasteiger partial charge in [-0.1, -0.05) is 12.7 Å². The maximum Gasteiger partial charge on any atom is 0.172 e. The number of benzene rings is 1. The minimum absolute atomic E-state index is 0.185. The lowest BCUT2D eigenvalue weighted by molar-refractivity contribution is -0.115. The molecule has 2 atom stereocenters. The third-order valence-electron chi connectivity index (χ3n) is 7.58. The van der Waals surface area contributed by atoms with Gasteiger partial charge in [0.2, 0.25) is 0 Å². The fraction of sp³-hybridized carbons (Fsp3) is 0.312. The summed E-state index contributed by atoms with van der Waals surface area (Å²) in [6.07, 6.45) is 13.1. The molecule has 2 aliphatic heterocycles. The Hall–Kier alpha value is -4.86. The quantitative estimate of drug-likeness (QED) is 0.0959. The van der Waals surface area contributed by atoms with Crippen molar-refractivity contribution in [3.8, 4) is 11.5 Å². The van der Waals surface area contributed by atoms with Crippen LogP contribution < -0.4 is 19.7 Å². The van der Waals surface area contributed by atoms with Gasteiger partial charge in [0.15, 0.2) is 23.2 Å². The zero-order chi connectivity index (χ0) is 29.5. The van der Waals surface area contributed by atoms with Gasteiger partial charge < -0.3 is 19.7 Å². The number of aromatic nitrogens is 3. The monoisotopic (exact) mass is 565 g/mol. The molecule has 0 radical (unpaired) electrons. The standard InChI is InChI=1S/C32H35N7O3/c1-4-6-25(40)9-7-22-12-14-39-17-23(22)18-41-29-16-27-30(38-32(29)39)31(36-20-35-27)37-24-8-10-28(21(3)15-24)42-26(5-2)11-13-34-19-33/h4-6,8,10-11,13,15-16,19-20,22-23,33H,2,7,9,12,14,17-18H2,1,3H3,(H,35,36,37)/b6-4+,26-11+,33-19?,34-13?/t22?,23-/m0/s1. The number of nitrogens with one attached hydrogen (secondary N) is 2. The molecule has 10 heteroatoms. The third-order valence-corrected chi connectivity index (χ3v) is 7.58. The number of carbonyl (C=O) groups is 1. The average molecular weight is 566 g/mol. The summed E-state index contributed by atoms with van der Waals surface area (Å²) < 4.78 is 12.2. The molecule has 2 aromatic heterocycles. The van der Waals surface area contributed by atoms with Gasteiger partial charge in [0.1, 0.15) is 29.7 Å². The van der Waals surface area contributed by atoms with Gasteiger partial charge in [0.05, 0.1) is 12.1 Å². The molecule has 0 saturated carbocycles. The maximum atomic E-state index is 12.1. The van der Waals surface area contributed by atoms with Crippen LogP contribution in [-0.2, 0) is 4.79 Å². The molecule has 1 fully saturated rings. The summed E-state index contributed by atoms with van der Waals surface area (Å²) in [4.78, 5) is 32.1. The van der Waals surface area contributed by atoms with E-state index in [4.69, 9.17) is 19.9 Å². The molecular formula is C32H35N7O3. The fourth-order valence-electron chi connectivity index (χ4n) is 5.43. The molecule has 1 unspecified atom stereocenters. The second kappa shape index (κ2) is 13.2. The molecule has 10 nitrogen and oxygen atoms in total. The van der Waals surface area contributed by atoms with Crippen molar-refractivity contribution in [2.75, 3.05) is 29.9 Å². The number of aliphatic imine (C=N–C) groups is 1. The molecule has 2 bridgehead atoms. The number of anilines is 3. The van der Waals surface area contributed by atoms with Crippen LogP contribution in [0.25, 0.3) is 11.0 Å². The summed E-state index contributed by atoms with van der Waals surface area (Å²) >= 11 is 0. The number of ether oxygens (including phenoxy) is 2. The van der Waals surface area contributed by atoms with Gasteiger partial charge in [-0.3, -0.25) is 10.2 Å². The Morgan fingerprint density at radius 3 is 3.00 bits per heavy atom. The molecule has 2 aliphatic rings. The SMILES string of the molecule is C=C/C(=C\C=NC=N)Oc1ccc(Nc2ncnc3cc4c(nc23)N2CCC(CCC(=O)/C=C/C)[C@H](CO4)C2)cc1C. The average Bonchev–Trinajstić information content (AvgIpc) is 3.13. The Bertz CT molecular complexity index is 1580. The van der Waals surface area contributed by atoms with Gasteiger partial charge in [0.25, 0.3) is 0 Å². The number of piperidine rings is 1. The first kappa shape index (κ1) is 28.7. The molecule has 1 aromatic carbocycles. The van der Waals surface area contributed by atoms with Gasteiger partial charge in [-0.05, 0) is 74.6 Å². The molecule has 42 heavy (non-hydrogen) atoms. The smallest absolute Gasteiger partial charge is 0.172 e. The van der Waals surface area contributed by atoms with Crippen LogP contribution in [0.5, 0.6) is 11.5 Å². The summed E-state index contributed by atoms with van der Waals surface area (Å²) in [5, 5.41) is 10.4. The lowest BCUT2D eigenvalue weighted by Gasteiger charge is -2.36. The van der Waals surface area contributed by atoms with Crippen LogP contribution >= 0.6 is 0 Å². The summed E-state index contributed by atoms with van der Waals surface area (Å²) in [5.74, 6) is 4.30. The lowest BCUT2D eigenvalue weighted by atomic mass is 9.82. The van der Waals surface area contributed by atoms with E-state index >= 15 is 0 Å². The first-order valence-electron chi connectivity index (χ1n) is 14.1. The highest BCUT2D eigenvalue weighted by molar-refractivity contribution is 5.90. The fourth-order valence-corrected chi connectivity index (χ4v) is 5.43. The Balaban J connectivity index is 1.34. The Kier molecular flexibility index (Phi) is 9.01. The molecule has 0 aliphatic carbocycles. The number of pyridine rings is 1. The van der Waals surface area contributed by atoms with Gasteiger partial charge in [-0.15, -0.1) is 0 Å². The van der Waals surface area contributed by atoms with Crippen LogP contribution in [0.1, 0.15) is 31.7 Å². The van der Waals surface area contributed by atoms with Crippen molar-refractivity contribution in [1.29, 1.82) is 5.41 Å². The molecule has 2 N–H and O–H groups in total. The molecule has 0 spiro atoms. The second-order valence-electron chi connectivity index (χ2n) is 10.4. The predicted octanol–water partition coefficient (Wildman–Crippen LogP) is 5.96. The van der Waals surface area contributed by atoms with Crippen LogP contribution in [0.2, 0.25) is 0 Å². The largest absolute Gasteiger partial charge is 0.489 e. The summed E-state index contributed by atoms with van der Waals surface area (Å²) in [5.41, 5.74) is 3.10. The zero-order valence-corrected chi connectivity index (χ0v) is 23.9. The van der Waals surface area contributed by atoms with E-state index in [2.05, 4.69) is 31.8 Å². The summed E-state index contributed by atoms with van der Waals surface area (Å²) in [7, 11) is 0. The minimum atomic E-state index is 0.185. The predicted molar refractivity (Wildman–Crippen MR) is 166 cm³/mol. The molecule has 3 aromatic rings. The number of carbonyl (C=O) groups excluding carboxylic acids is 1. The Labute approximate surface area is 245 Å². The molecular weight excluding hydrogens is 530 g/mol. The Morgan fingerprint density at radius 2 is 2.21 bits per heavy atom. The van der Waals surface area contributed by atoms with Crippen LogP contribution in [0.15, 0.2) is 72.2 Å². The van der Waals surface area contributed by atoms with Crippen LogP contribution in [0, 0.1) is 24.2 Å². The number of allylic oxidation sites excluding steroid dienone is 4. The van der Waals surface area contributed by atoms with E-state index in [0.717, 1.165) is 55.1 Å². The third kappa shape index (κ3) is 6.54. The summed E-state index contributed by atoms with van der Waals surface area (Å²) in [6.45, 7) is 9.91. The normalized spacial score (nSPS) is 18.4. The lowest BCUT2D eigenvalue weighted by Crippen LogP contribution is -2.41. The first-order chi connectivity index (χ1) is 20.5. The number of ketones is 1. The van der Waals surface area contributed by atoms with Crippen LogP contribution in [0.3, 0.4) is 0 Å². The maximum absolute atomic E-state index is 12.1. The van der Waals surface area contributed by atoms with E-state index in [1.54, 1.807) is 24.3 Å². The van der Waals surface area contributed by atoms with E-state index < -0.39 is 0 Å². The molecule has 0 amide bonds. The van der Waals surface area contributed by atoms with E-state index in [1.807, 2.05) is 38.1 Å². The number of rotatable bonds is 11. The Morgan fingerprint density at radius 1 is 1.33 bits per heavy atom. The van der Waals surface area contributed by atoms with E-state index in [-0.39, 0.29) is 5.78 Å². The van der Waals surface area contributed by atoms with Crippen molar-refractivity contribution in [3.05, 3.63) is 72.8 Å². The number of hydrogen-bond donors (Lipinski definition) is 2. The van der Waals surface area contributed by atoms with Gasteiger partial charge in [-0.2, -0.15) is 0 Å². The van der Waals surface area contributed by atoms with Gasteiger partial charge in [-0.25, -0.2) is 19.9 Å². The number of hydrogen-bond acceptors (Lipinski definition) is 9. The summed E-state index contributed by atoms with van der Waals surface area (Å²) in [6, 6.07) is 7.70. The number of nitrogens with zero attached hydrogens (tertiary/aromatic N) is 5. The molecule has 1 saturated heterocycles. The van der Waals surface area contributed by atoms with Crippen molar-refractivity contribution < 1.29 is 14.3 Å². The highest BCUT2D eigenvalue weighted by Crippen LogP contribution is 2.40. The van der Waals surface area contributed by atoms with Gasteiger partial charge in [0, 0.05) is 43.4 Å². The highest BCUT2D eigenvalue weighted by Gasteiger charge is 2.34. The number of aryl methyl sites for hydroxylation is 1. The van der Waals surface area contributed by atoms with Crippen molar-refractivity contribution >= 4 is 46.7 Å². The first-order valence-corrected chi connectivity index (χ1v) is 14.1. The van der Waals surface area contributed by atoms with E-state index in [0.29, 0.717) is 53.2 Å². The topological polar surface area (TPSA) is 126 Å². The second-order valence-corrected chi connectivity index (χ2v) is 10.4. The van der Waals surface area contributed by atoms with Crippen molar-refractivity contribution in [3.63, 3.8) is 0 Å². The van der Waals surface area contributed by atoms with Crippen LogP contribution in [0.4, 0.5) is 17.3 Å². The number of fused-ring (bicyclic) bond motifs is 5. The van der Waals surface area contributed by atoms with Gasteiger partial charge >= 0.3 is 0 Å². The van der Waals surface area contributed by atoms with E-state index in [1.165, 1.54) is 12.5 Å². The minimum Gasteiger partial charge on any atom is -0.489 e. The molecule has 4 heterocycles. The molecule has 216 valence electrons. The van der Waals surface area contributed by atoms with Crippen molar-refractivity contribution in [1.82, 2.24) is 15.0 Å². The van der Waals surface area contributed by atoms with Crippen molar-refractivity contribution in [2.45, 2.75) is 33.1 Å². The van der Waals surface area contributed by atoms with Crippen LogP contribution in [-0.4, -0.2) is 53.0 Å². The van der Waals surface area contributed by atoms with Crippen molar-refractivity contribution in [2.24, 2.45) is 16.8 Å². The van der Waals surface area contributed by atoms with E-state index in [9.17, 15) is 4.79 Å². The molecule has 5 rings (SSSR count).